The van der Waals surface area contributed by atoms with Gasteiger partial charge in [-0.15, -0.1) is 12.3 Å². The summed E-state index contributed by atoms with van der Waals surface area (Å²) in [4.78, 5) is 6.46. The smallest absolute Gasteiger partial charge is 0.229 e. The van der Waals surface area contributed by atoms with E-state index in [0.717, 1.165) is 22.9 Å². The second-order valence-corrected chi connectivity index (χ2v) is 5.22. The minimum Gasteiger partial charge on any atom is -0.325 e. The molecule has 0 bridgehead atoms. The van der Waals surface area contributed by atoms with Crippen molar-refractivity contribution in [3.8, 4) is 12.3 Å². The van der Waals surface area contributed by atoms with Gasteiger partial charge in [0.15, 0.2) is 0 Å². The van der Waals surface area contributed by atoms with Crippen LogP contribution in [0, 0.1) is 23.2 Å². The van der Waals surface area contributed by atoms with Crippen LogP contribution in [0.4, 0.5) is 11.5 Å². The standard InChI is InChI=1S/C19H17N5/c1-2-3-13-23(15-9-5-4-6-10-15)18-16-11-7-8-12-17(16)24(14-20)19(21)22-18/h1,4-12,14,20-21H,3,13H2. The monoisotopic (exact) mass is 315 g/mol. The molecule has 0 aliphatic rings. The van der Waals surface area contributed by atoms with Gasteiger partial charge < -0.3 is 4.90 Å². The normalized spacial score (nSPS) is 10.3. The molecule has 2 aromatic carbocycles. The lowest BCUT2D eigenvalue weighted by atomic mass is 10.2. The van der Waals surface area contributed by atoms with Gasteiger partial charge in [0.1, 0.15) is 5.82 Å². The minimum atomic E-state index is 0.0142. The molecule has 3 aromatic rings. The first-order valence-corrected chi connectivity index (χ1v) is 7.59. The van der Waals surface area contributed by atoms with Gasteiger partial charge in [-0.2, -0.15) is 4.98 Å². The van der Waals surface area contributed by atoms with Gasteiger partial charge in [0.2, 0.25) is 5.62 Å². The Hall–Kier alpha value is -3.39. The molecular formula is C19H17N5. The number of anilines is 2. The molecule has 0 atom stereocenters. The van der Waals surface area contributed by atoms with Gasteiger partial charge in [0.25, 0.3) is 0 Å². The van der Waals surface area contributed by atoms with E-state index in [1.54, 1.807) is 0 Å². The average Bonchev–Trinajstić information content (AvgIpc) is 2.63. The first-order chi connectivity index (χ1) is 11.8. The number of aromatic nitrogens is 2. The summed E-state index contributed by atoms with van der Waals surface area (Å²) in [6.07, 6.45) is 7.13. The van der Waals surface area contributed by atoms with Crippen LogP contribution in [0.1, 0.15) is 6.42 Å². The van der Waals surface area contributed by atoms with Crippen LogP contribution in [0.2, 0.25) is 0 Å². The summed E-state index contributed by atoms with van der Waals surface area (Å²) in [5.74, 6) is 3.34. The summed E-state index contributed by atoms with van der Waals surface area (Å²) in [5, 5.41) is 16.6. The Kier molecular flexibility index (Phi) is 4.39. The third kappa shape index (κ3) is 2.77. The Balaban J connectivity index is 2.27. The number of hydrogen-bond donors (Lipinski definition) is 2. The van der Waals surface area contributed by atoms with Gasteiger partial charge >= 0.3 is 0 Å². The van der Waals surface area contributed by atoms with Gasteiger partial charge in [-0.25, -0.2) is 0 Å². The number of nitrogens with zero attached hydrogens (tertiary/aromatic N) is 3. The highest BCUT2D eigenvalue weighted by molar-refractivity contribution is 5.94. The maximum Gasteiger partial charge on any atom is 0.229 e. The first-order valence-electron chi connectivity index (χ1n) is 7.59. The average molecular weight is 315 g/mol. The van der Waals surface area contributed by atoms with Crippen molar-refractivity contribution in [2.24, 2.45) is 0 Å². The zero-order valence-electron chi connectivity index (χ0n) is 13.1. The Morgan fingerprint density at radius 1 is 1.12 bits per heavy atom. The molecule has 24 heavy (non-hydrogen) atoms. The van der Waals surface area contributed by atoms with Crippen LogP contribution in [-0.2, 0) is 0 Å². The van der Waals surface area contributed by atoms with Gasteiger partial charge in [-0.3, -0.25) is 15.4 Å². The fourth-order valence-electron chi connectivity index (χ4n) is 2.68. The van der Waals surface area contributed by atoms with Crippen molar-refractivity contribution >= 4 is 28.7 Å². The van der Waals surface area contributed by atoms with Gasteiger partial charge in [0, 0.05) is 24.0 Å². The lowest BCUT2D eigenvalue weighted by Gasteiger charge is -2.25. The highest BCUT2D eigenvalue weighted by atomic mass is 15.2. The van der Waals surface area contributed by atoms with E-state index in [4.69, 9.17) is 17.2 Å². The minimum absolute atomic E-state index is 0.0142. The van der Waals surface area contributed by atoms with E-state index in [2.05, 4.69) is 10.9 Å². The van der Waals surface area contributed by atoms with Gasteiger partial charge in [-0.1, -0.05) is 30.3 Å². The zero-order valence-corrected chi connectivity index (χ0v) is 13.1. The van der Waals surface area contributed by atoms with Crippen LogP contribution < -0.4 is 10.5 Å². The van der Waals surface area contributed by atoms with E-state index in [1.807, 2.05) is 59.5 Å². The van der Waals surface area contributed by atoms with E-state index >= 15 is 0 Å². The van der Waals surface area contributed by atoms with E-state index < -0.39 is 0 Å². The quantitative estimate of drug-likeness (QED) is 0.431. The number of terminal acetylenes is 1. The lowest BCUT2D eigenvalue weighted by molar-refractivity contribution is 0.881. The number of para-hydroxylation sites is 2. The summed E-state index contributed by atoms with van der Waals surface area (Å²) in [6.45, 7) is 0.603. The van der Waals surface area contributed by atoms with Crippen LogP contribution in [0.25, 0.3) is 10.9 Å². The summed E-state index contributed by atoms with van der Waals surface area (Å²) in [7, 11) is 0. The molecule has 0 fully saturated rings. The van der Waals surface area contributed by atoms with Crippen LogP contribution in [0.15, 0.2) is 54.6 Å². The highest BCUT2D eigenvalue weighted by Gasteiger charge is 2.15. The van der Waals surface area contributed by atoms with E-state index in [0.29, 0.717) is 18.8 Å². The van der Waals surface area contributed by atoms with Crippen LogP contribution in [-0.4, -0.2) is 22.4 Å². The summed E-state index contributed by atoms with van der Waals surface area (Å²) < 4.78 is 1.45. The molecule has 118 valence electrons. The molecule has 3 rings (SSSR count). The predicted octanol–water partition coefficient (Wildman–Crippen LogP) is 3.13. The highest BCUT2D eigenvalue weighted by Crippen LogP contribution is 2.29. The van der Waals surface area contributed by atoms with Crippen molar-refractivity contribution in [2.75, 3.05) is 11.4 Å². The second kappa shape index (κ2) is 6.80. The van der Waals surface area contributed by atoms with Crippen molar-refractivity contribution in [2.45, 2.75) is 6.42 Å². The number of hydrogen-bond acceptors (Lipinski definition) is 4. The zero-order chi connectivity index (χ0) is 16.9. The first kappa shape index (κ1) is 15.5. The van der Waals surface area contributed by atoms with Crippen molar-refractivity contribution in [3.05, 3.63) is 60.2 Å². The number of nitrogens with one attached hydrogen (secondary N) is 2. The number of fused-ring (bicyclic) bond motifs is 1. The molecule has 0 saturated heterocycles. The van der Waals surface area contributed by atoms with Gasteiger partial charge in [-0.05, 0) is 24.3 Å². The molecule has 5 nitrogen and oxygen atoms in total. The molecule has 0 spiro atoms. The van der Waals surface area contributed by atoms with E-state index in [9.17, 15) is 0 Å². The maximum atomic E-state index is 8.16. The Bertz CT molecular complexity index is 966. The molecule has 0 amide bonds. The van der Waals surface area contributed by atoms with E-state index in [1.165, 1.54) is 4.57 Å². The molecule has 2 N–H and O–H groups in total. The summed E-state index contributed by atoms with van der Waals surface area (Å²) >= 11 is 0. The van der Waals surface area contributed by atoms with Crippen LogP contribution in [0.5, 0.6) is 0 Å². The van der Waals surface area contributed by atoms with E-state index in [-0.39, 0.29) is 5.62 Å². The molecule has 0 aliphatic carbocycles. The Morgan fingerprint density at radius 3 is 2.54 bits per heavy atom. The third-order valence-corrected chi connectivity index (χ3v) is 3.78. The van der Waals surface area contributed by atoms with Crippen molar-refractivity contribution in [1.82, 2.24) is 9.55 Å². The third-order valence-electron chi connectivity index (χ3n) is 3.78. The molecular weight excluding hydrogens is 298 g/mol. The largest absolute Gasteiger partial charge is 0.325 e. The molecule has 0 aliphatic heterocycles. The number of rotatable bonds is 5. The van der Waals surface area contributed by atoms with Crippen LogP contribution >= 0.6 is 0 Å². The van der Waals surface area contributed by atoms with Crippen molar-refractivity contribution in [3.63, 3.8) is 0 Å². The topological polar surface area (TPSA) is 68.8 Å². The summed E-state index contributed by atoms with van der Waals surface area (Å²) in [6, 6.07) is 17.5. The maximum absolute atomic E-state index is 8.16. The lowest BCUT2D eigenvalue weighted by Crippen LogP contribution is -2.28. The SMILES string of the molecule is C#CCCN(c1ccccc1)c1nc(=N)n(C=N)c2ccccc12. The second-order valence-electron chi connectivity index (χ2n) is 5.22. The Labute approximate surface area is 140 Å². The molecule has 0 saturated carbocycles. The molecule has 1 heterocycles. The van der Waals surface area contributed by atoms with Crippen molar-refractivity contribution in [1.29, 1.82) is 10.8 Å². The predicted molar refractivity (Wildman–Crippen MR) is 96.7 cm³/mol. The van der Waals surface area contributed by atoms with Gasteiger partial charge in [0.05, 0.1) is 11.9 Å². The molecule has 5 heteroatoms. The number of benzene rings is 2. The molecule has 0 unspecified atom stereocenters. The fraction of sp³-hybridized carbons (Fsp3) is 0.105. The summed E-state index contributed by atoms with van der Waals surface area (Å²) in [5.41, 5.74) is 1.75. The van der Waals surface area contributed by atoms with Crippen LogP contribution in [0.3, 0.4) is 0 Å². The molecule has 1 aromatic heterocycles. The Morgan fingerprint density at radius 2 is 1.83 bits per heavy atom. The van der Waals surface area contributed by atoms with Crippen molar-refractivity contribution < 1.29 is 0 Å². The fourth-order valence-corrected chi connectivity index (χ4v) is 2.68. The molecule has 0 radical (unpaired) electrons.